The molecule has 0 aliphatic rings. The molecule has 0 aliphatic heterocycles. The summed E-state index contributed by atoms with van der Waals surface area (Å²) in [6, 6.07) is 4.00. The van der Waals surface area contributed by atoms with E-state index in [4.69, 9.17) is 5.73 Å². The van der Waals surface area contributed by atoms with Crippen molar-refractivity contribution in [3.05, 3.63) is 24.2 Å². The molecule has 0 fully saturated rings. The van der Waals surface area contributed by atoms with Crippen molar-refractivity contribution in [2.75, 3.05) is 6.54 Å². The molecule has 0 saturated heterocycles. The number of rotatable bonds is 5. The first-order valence-electron chi connectivity index (χ1n) is 6.58. The third-order valence-electron chi connectivity index (χ3n) is 3.36. The number of imidazole rings is 1. The van der Waals surface area contributed by atoms with Gasteiger partial charge in [0.2, 0.25) is 0 Å². The van der Waals surface area contributed by atoms with E-state index < -0.39 is 0 Å². The zero-order valence-corrected chi connectivity index (χ0v) is 11.4. The first-order valence-corrected chi connectivity index (χ1v) is 6.58. The Hall–Kier alpha value is -1.42. The molecule has 4 nitrogen and oxygen atoms in total. The van der Waals surface area contributed by atoms with E-state index in [1.807, 2.05) is 6.07 Å². The topological polar surface area (TPSA) is 56.7 Å². The molecule has 0 spiro atoms. The van der Waals surface area contributed by atoms with Crippen LogP contribution in [0.2, 0.25) is 0 Å². The molecule has 0 radical (unpaired) electrons. The molecule has 2 aromatic rings. The van der Waals surface area contributed by atoms with Gasteiger partial charge in [0.25, 0.3) is 0 Å². The lowest BCUT2D eigenvalue weighted by Gasteiger charge is -2.16. The Morgan fingerprint density at radius 3 is 2.78 bits per heavy atom. The van der Waals surface area contributed by atoms with Gasteiger partial charge in [-0.2, -0.15) is 0 Å². The normalized spacial score (nSPS) is 13.4. The smallest absolute Gasteiger partial charge is 0.177 e. The quantitative estimate of drug-likeness (QED) is 0.879. The zero-order valence-electron chi connectivity index (χ0n) is 11.4. The monoisotopic (exact) mass is 246 g/mol. The lowest BCUT2D eigenvalue weighted by atomic mass is 9.94. The van der Waals surface area contributed by atoms with E-state index >= 15 is 0 Å². The number of nitrogens with zero attached hydrogens (tertiary/aromatic N) is 3. The Kier molecular flexibility index (Phi) is 3.97. The van der Waals surface area contributed by atoms with Gasteiger partial charge in [-0.3, -0.25) is 0 Å². The largest absolute Gasteiger partial charge is 0.330 e. The van der Waals surface area contributed by atoms with Crippen LogP contribution in [0.4, 0.5) is 0 Å². The number of aromatic nitrogens is 3. The van der Waals surface area contributed by atoms with Gasteiger partial charge >= 0.3 is 0 Å². The fraction of sp³-hybridized carbons (Fsp3) is 0.571. The number of aryl methyl sites for hydroxylation is 1. The van der Waals surface area contributed by atoms with E-state index in [1.165, 1.54) is 0 Å². The molecule has 2 N–H and O–H groups in total. The average Bonchev–Trinajstić information content (AvgIpc) is 2.66. The third kappa shape index (κ3) is 2.70. The summed E-state index contributed by atoms with van der Waals surface area (Å²) in [5, 5.41) is 0. The van der Waals surface area contributed by atoms with Crippen LogP contribution in [-0.4, -0.2) is 21.1 Å². The van der Waals surface area contributed by atoms with Crippen molar-refractivity contribution in [1.29, 1.82) is 0 Å². The van der Waals surface area contributed by atoms with Gasteiger partial charge < -0.3 is 10.3 Å². The van der Waals surface area contributed by atoms with E-state index in [9.17, 15) is 0 Å². The highest BCUT2D eigenvalue weighted by Crippen LogP contribution is 2.18. The average molecular weight is 246 g/mol. The van der Waals surface area contributed by atoms with Crippen molar-refractivity contribution in [3.63, 3.8) is 0 Å². The summed E-state index contributed by atoms with van der Waals surface area (Å²) in [5.41, 5.74) is 7.78. The van der Waals surface area contributed by atoms with E-state index in [2.05, 4.69) is 41.5 Å². The fourth-order valence-electron chi connectivity index (χ4n) is 2.44. The lowest BCUT2D eigenvalue weighted by molar-refractivity contribution is 0.406. The van der Waals surface area contributed by atoms with Gasteiger partial charge in [-0.15, -0.1) is 0 Å². The first-order chi connectivity index (χ1) is 8.61. The summed E-state index contributed by atoms with van der Waals surface area (Å²) < 4.78 is 2.13. The Bertz CT molecular complexity index is 515. The summed E-state index contributed by atoms with van der Waals surface area (Å²) in [4.78, 5) is 8.90. The maximum absolute atomic E-state index is 5.86. The lowest BCUT2D eigenvalue weighted by Crippen LogP contribution is -2.20. The van der Waals surface area contributed by atoms with Crippen LogP contribution in [0.1, 0.15) is 26.1 Å². The summed E-state index contributed by atoms with van der Waals surface area (Å²) in [7, 11) is 2.05. The van der Waals surface area contributed by atoms with Crippen LogP contribution in [0.25, 0.3) is 11.2 Å². The molecule has 2 rings (SSSR count). The molecule has 18 heavy (non-hydrogen) atoms. The molecule has 2 heterocycles. The van der Waals surface area contributed by atoms with Gasteiger partial charge in [0.15, 0.2) is 5.65 Å². The van der Waals surface area contributed by atoms with E-state index in [1.54, 1.807) is 6.20 Å². The van der Waals surface area contributed by atoms with Gasteiger partial charge in [-0.25, -0.2) is 9.97 Å². The Morgan fingerprint density at radius 2 is 2.17 bits per heavy atom. The van der Waals surface area contributed by atoms with Gasteiger partial charge in [0.1, 0.15) is 5.82 Å². The highest BCUT2D eigenvalue weighted by molar-refractivity contribution is 5.71. The minimum absolute atomic E-state index is 0.500. The second-order valence-electron chi connectivity index (χ2n) is 5.37. The molecule has 0 bridgehead atoms. The molecule has 0 aromatic carbocycles. The summed E-state index contributed by atoms with van der Waals surface area (Å²) in [6.45, 7) is 5.19. The van der Waals surface area contributed by atoms with E-state index in [0.717, 1.165) is 36.4 Å². The fourth-order valence-corrected chi connectivity index (χ4v) is 2.44. The van der Waals surface area contributed by atoms with Gasteiger partial charge in [-0.1, -0.05) is 13.8 Å². The second-order valence-corrected chi connectivity index (χ2v) is 5.37. The van der Waals surface area contributed by atoms with Crippen molar-refractivity contribution in [2.24, 2.45) is 24.6 Å². The van der Waals surface area contributed by atoms with Gasteiger partial charge in [0.05, 0.1) is 5.52 Å². The second kappa shape index (κ2) is 5.48. The number of fused-ring (bicyclic) bond motifs is 1. The molecule has 2 aromatic heterocycles. The van der Waals surface area contributed by atoms with Crippen LogP contribution in [-0.2, 0) is 13.5 Å². The summed E-state index contributed by atoms with van der Waals surface area (Å²) in [6.07, 6.45) is 3.86. The Labute approximate surface area is 108 Å². The van der Waals surface area contributed by atoms with Crippen molar-refractivity contribution >= 4 is 11.2 Å². The van der Waals surface area contributed by atoms with Crippen molar-refractivity contribution in [2.45, 2.75) is 26.7 Å². The highest BCUT2D eigenvalue weighted by atomic mass is 15.1. The standard InChI is InChI=1S/C14H22N4/c1-10(2)7-11(9-15)8-13-17-14-12(18(13)3)5-4-6-16-14/h4-6,10-11H,7-9,15H2,1-3H3. The SMILES string of the molecule is CC(C)CC(CN)Cc1nc2ncccc2n1C. The Morgan fingerprint density at radius 1 is 1.39 bits per heavy atom. The number of pyridine rings is 1. The Balaban J connectivity index is 2.22. The number of nitrogens with two attached hydrogens (primary N) is 1. The highest BCUT2D eigenvalue weighted by Gasteiger charge is 2.15. The van der Waals surface area contributed by atoms with Crippen molar-refractivity contribution in [3.8, 4) is 0 Å². The summed E-state index contributed by atoms with van der Waals surface area (Å²) in [5.74, 6) is 2.26. The minimum atomic E-state index is 0.500. The van der Waals surface area contributed by atoms with Crippen LogP contribution in [0.3, 0.4) is 0 Å². The van der Waals surface area contributed by atoms with Gasteiger partial charge in [-0.05, 0) is 36.9 Å². The molecular weight excluding hydrogens is 224 g/mol. The van der Waals surface area contributed by atoms with Crippen molar-refractivity contribution in [1.82, 2.24) is 14.5 Å². The molecule has 1 atom stereocenters. The molecule has 0 saturated carbocycles. The van der Waals surface area contributed by atoms with Crippen LogP contribution in [0.5, 0.6) is 0 Å². The molecule has 1 unspecified atom stereocenters. The first kappa shape index (κ1) is 13.0. The molecule has 4 heteroatoms. The van der Waals surface area contributed by atoms with E-state index in [-0.39, 0.29) is 0 Å². The third-order valence-corrected chi connectivity index (χ3v) is 3.36. The number of hydrogen-bond donors (Lipinski definition) is 1. The van der Waals surface area contributed by atoms with Crippen molar-refractivity contribution < 1.29 is 0 Å². The molecule has 98 valence electrons. The summed E-state index contributed by atoms with van der Waals surface area (Å²) >= 11 is 0. The van der Waals surface area contributed by atoms with Gasteiger partial charge in [0, 0.05) is 19.7 Å². The zero-order chi connectivity index (χ0) is 13.1. The predicted molar refractivity (Wildman–Crippen MR) is 74.2 cm³/mol. The molecule has 0 amide bonds. The maximum atomic E-state index is 5.86. The predicted octanol–water partition coefficient (Wildman–Crippen LogP) is 2.13. The number of hydrogen-bond acceptors (Lipinski definition) is 3. The minimum Gasteiger partial charge on any atom is -0.330 e. The molecular formula is C14H22N4. The van der Waals surface area contributed by atoms with Crippen LogP contribution in [0, 0.1) is 11.8 Å². The van der Waals surface area contributed by atoms with Crippen LogP contribution >= 0.6 is 0 Å². The van der Waals surface area contributed by atoms with Crippen LogP contribution < -0.4 is 5.73 Å². The maximum Gasteiger partial charge on any atom is 0.177 e. The molecule has 0 aliphatic carbocycles. The van der Waals surface area contributed by atoms with Crippen LogP contribution in [0.15, 0.2) is 18.3 Å². The van der Waals surface area contributed by atoms with E-state index in [0.29, 0.717) is 11.8 Å².